The first-order chi connectivity index (χ1) is 12.6. The zero-order valence-corrected chi connectivity index (χ0v) is 15.2. The van der Waals surface area contributed by atoms with Gasteiger partial charge in [-0.3, -0.25) is 9.78 Å². The van der Waals surface area contributed by atoms with E-state index in [2.05, 4.69) is 15.6 Å². The summed E-state index contributed by atoms with van der Waals surface area (Å²) in [5.41, 5.74) is 3.46. The molecule has 2 aromatic carbocycles. The minimum Gasteiger partial charge on any atom is -0.495 e. The molecule has 1 amide bonds. The molecule has 0 bridgehead atoms. The van der Waals surface area contributed by atoms with Crippen molar-refractivity contribution in [2.75, 3.05) is 17.7 Å². The maximum Gasteiger partial charge on any atom is 0.274 e. The van der Waals surface area contributed by atoms with Crippen molar-refractivity contribution in [1.29, 1.82) is 0 Å². The lowest BCUT2D eigenvalue weighted by atomic mass is 10.2. The van der Waals surface area contributed by atoms with Crippen LogP contribution in [-0.2, 0) is 0 Å². The molecule has 0 fully saturated rings. The predicted molar refractivity (Wildman–Crippen MR) is 105 cm³/mol. The molecule has 0 spiro atoms. The number of amides is 1. The number of pyridine rings is 1. The number of ether oxygens (including phenoxy) is 1. The van der Waals surface area contributed by atoms with Gasteiger partial charge in [-0.05, 0) is 48.9 Å². The molecule has 0 atom stereocenters. The molecule has 0 radical (unpaired) electrons. The van der Waals surface area contributed by atoms with Gasteiger partial charge in [0, 0.05) is 11.9 Å². The van der Waals surface area contributed by atoms with E-state index in [-0.39, 0.29) is 11.6 Å². The van der Waals surface area contributed by atoms with Gasteiger partial charge in [-0.2, -0.15) is 0 Å². The van der Waals surface area contributed by atoms with Crippen LogP contribution in [0.2, 0.25) is 5.02 Å². The third-order valence-corrected chi connectivity index (χ3v) is 4.08. The van der Waals surface area contributed by atoms with Gasteiger partial charge in [0.25, 0.3) is 5.91 Å². The third kappa shape index (κ3) is 4.13. The fourth-order valence-corrected chi connectivity index (χ4v) is 2.64. The maximum atomic E-state index is 12.5. The van der Waals surface area contributed by atoms with Crippen molar-refractivity contribution in [3.05, 3.63) is 77.1 Å². The Morgan fingerprint density at radius 1 is 1.08 bits per heavy atom. The molecule has 26 heavy (non-hydrogen) atoms. The van der Waals surface area contributed by atoms with E-state index < -0.39 is 0 Å². The van der Waals surface area contributed by atoms with Crippen molar-refractivity contribution in [3.8, 4) is 5.75 Å². The van der Waals surface area contributed by atoms with E-state index in [0.29, 0.717) is 10.7 Å². The lowest BCUT2D eigenvalue weighted by Gasteiger charge is -2.13. The van der Waals surface area contributed by atoms with Crippen LogP contribution >= 0.6 is 11.6 Å². The number of para-hydroxylation sites is 1. The van der Waals surface area contributed by atoms with Crippen molar-refractivity contribution in [1.82, 2.24) is 4.98 Å². The number of aromatic nitrogens is 1. The number of benzene rings is 2. The van der Waals surface area contributed by atoms with E-state index in [1.54, 1.807) is 49.7 Å². The van der Waals surface area contributed by atoms with Gasteiger partial charge < -0.3 is 15.4 Å². The number of carbonyl (C=O) groups is 1. The first-order valence-corrected chi connectivity index (χ1v) is 8.38. The highest BCUT2D eigenvalue weighted by atomic mass is 35.5. The topological polar surface area (TPSA) is 63.2 Å². The molecule has 132 valence electrons. The van der Waals surface area contributed by atoms with Crippen LogP contribution in [0.5, 0.6) is 5.75 Å². The predicted octanol–water partition coefficient (Wildman–Crippen LogP) is 5.05. The average Bonchev–Trinajstić information content (AvgIpc) is 2.64. The molecule has 1 aromatic heterocycles. The van der Waals surface area contributed by atoms with Crippen molar-refractivity contribution >= 4 is 34.6 Å². The second-order valence-corrected chi connectivity index (χ2v) is 6.10. The lowest BCUT2D eigenvalue weighted by molar-refractivity contribution is 0.102. The SMILES string of the molecule is COc1ccc(C)cc1Nc1ccnc(C(=O)Nc2ccccc2Cl)c1. The van der Waals surface area contributed by atoms with Crippen LogP contribution in [0.3, 0.4) is 0 Å². The van der Waals surface area contributed by atoms with Crippen LogP contribution in [0.15, 0.2) is 60.8 Å². The van der Waals surface area contributed by atoms with Crippen LogP contribution < -0.4 is 15.4 Å². The van der Waals surface area contributed by atoms with Gasteiger partial charge in [0.2, 0.25) is 0 Å². The van der Waals surface area contributed by atoms with Crippen LogP contribution in [0.1, 0.15) is 16.1 Å². The summed E-state index contributed by atoms with van der Waals surface area (Å²) in [7, 11) is 1.62. The van der Waals surface area contributed by atoms with Gasteiger partial charge in [0.05, 0.1) is 23.5 Å². The van der Waals surface area contributed by atoms with E-state index >= 15 is 0 Å². The number of nitrogens with one attached hydrogen (secondary N) is 2. The largest absolute Gasteiger partial charge is 0.495 e. The quantitative estimate of drug-likeness (QED) is 0.662. The molecule has 0 aliphatic rings. The Kier molecular flexibility index (Phi) is 5.39. The molecule has 5 nitrogen and oxygen atoms in total. The zero-order valence-electron chi connectivity index (χ0n) is 14.4. The molecular weight excluding hydrogens is 350 g/mol. The highest BCUT2D eigenvalue weighted by Gasteiger charge is 2.11. The van der Waals surface area contributed by atoms with Gasteiger partial charge in [-0.1, -0.05) is 29.8 Å². The fraction of sp³-hybridized carbons (Fsp3) is 0.100. The summed E-state index contributed by atoms with van der Waals surface area (Å²) >= 11 is 6.08. The second-order valence-electron chi connectivity index (χ2n) is 5.69. The van der Waals surface area contributed by atoms with E-state index in [1.807, 2.05) is 25.1 Å². The molecule has 2 N–H and O–H groups in total. The van der Waals surface area contributed by atoms with E-state index in [1.165, 1.54) is 0 Å². The van der Waals surface area contributed by atoms with Crippen molar-refractivity contribution in [3.63, 3.8) is 0 Å². The summed E-state index contributed by atoms with van der Waals surface area (Å²) < 4.78 is 5.37. The summed E-state index contributed by atoms with van der Waals surface area (Å²) in [4.78, 5) is 16.6. The molecular formula is C20H18ClN3O2. The van der Waals surface area contributed by atoms with Crippen molar-refractivity contribution in [2.24, 2.45) is 0 Å². The minimum atomic E-state index is -0.335. The molecule has 3 rings (SSSR count). The molecule has 3 aromatic rings. The highest BCUT2D eigenvalue weighted by molar-refractivity contribution is 6.33. The molecule has 0 aliphatic carbocycles. The standard InChI is InChI=1S/C20H18ClN3O2/c1-13-7-8-19(26-2)17(11-13)23-14-9-10-22-18(12-14)20(25)24-16-6-4-3-5-15(16)21/h3-12H,1-2H3,(H,22,23)(H,24,25). The number of nitrogens with zero attached hydrogens (tertiary/aromatic N) is 1. The maximum absolute atomic E-state index is 12.5. The molecule has 0 aliphatic heterocycles. The van der Waals surface area contributed by atoms with E-state index in [9.17, 15) is 4.79 Å². The summed E-state index contributed by atoms with van der Waals surface area (Å²) in [5.74, 6) is 0.382. The van der Waals surface area contributed by atoms with Gasteiger partial charge in [0.15, 0.2) is 0 Å². The highest BCUT2D eigenvalue weighted by Crippen LogP contribution is 2.29. The number of hydrogen-bond acceptors (Lipinski definition) is 4. The number of carbonyl (C=O) groups excluding carboxylic acids is 1. The Labute approximate surface area is 157 Å². The number of hydrogen-bond donors (Lipinski definition) is 2. The Hall–Kier alpha value is -3.05. The Morgan fingerprint density at radius 3 is 2.65 bits per heavy atom. The van der Waals surface area contributed by atoms with E-state index in [4.69, 9.17) is 16.3 Å². The summed E-state index contributed by atoms with van der Waals surface area (Å²) in [6, 6.07) is 16.4. The molecule has 0 saturated heterocycles. The second kappa shape index (κ2) is 7.89. The molecule has 0 saturated carbocycles. The number of methoxy groups -OCH3 is 1. The van der Waals surface area contributed by atoms with Gasteiger partial charge >= 0.3 is 0 Å². The third-order valence-electron chi connectivity index (χ3n) is 3.75. The minimum absolute atomic E-state index is 0.279. The molecule has 0 unspecified atom stereocenters. The van der Waals surface area contributed by atoms with Crippen molar-refractivity contribution < 1.29 is 9.53 Å². The Balaban J connectivity index is 1.81. The van der Waals surface area contributed by atoms with Crippen LogP contribution in [-0.4, -0.2) is 18.0 Å². The Bertz CT molecular complexity index is 944. The summed E-state index contributed by atoms with van der Waals surface area (Å²) in [5, 5.41) is 6.50. The van der Waals surface area contributed by atoms with Gasteiger partial charge in [-0.15, -0.1) is 0 Å². The van der Waals surface area contributed by atoms with Crippen LogP contribution in [0.4, 0.5) is 17.1 Å². The lowest BCUT2D eigenvalue weighted by Crippen LogP contribution is -2.14. The van der Waals surface area contributed by atoms with E-state index in [0.717, 1.165) is 22.7 Å². The zero-order chi connectivity index (χ0) is 18.5. The first kappa shape index (κ1) is 17.8. The number of anilines is 3. The average molecular weight is 368 g/mol. The normalized spacial score (nSPS) is 10.3. The van der Waals surface area contributed by atoms with Gasteiger partial charge in [-0.25, -0.2) is 0 Å². The number of aryl methyl sites for hydroxylation is 1. The molecule has 6 heteroatoms. The summed E-state index contributed by atoms with van der Waals surface area (Å²) in [6.45, 7) is 2.00. The number of rotatable bonds is 5. The molecule has 1 heterocycles. The van der Waals surface area contributed by atoms with Crippen molar-refractivity contribution in [2.45, 2.75) is 6.92 Å². The fourth-order valence-electron chi connectivity index (χ4n) is 2.46. The smallest absolute Gasteiger partial charge is 0.274 e. The van der Waals surface area contributed by atoms with Crippen LogP contribution in [0, 0.1) is 6.92 Å². The first-order valence-electron chi connectivity index (χ1n) is 8.00. The monoisotopic (exact) mass is 367 g/mol. The van der Waals surface area contributed by atoms with Gasteiger partial charge in [0.1, 0.15) is 11.4 Å². The number of halogens is 1. The van der Waals surface area contributed by atoms with Crippen LogP contribution in [0.25, 0.3) is 0 Å². The Morgan fingerprint density at radius 2 is 1.88 bits per heavy atom. The summed E-state index contributed by atoms with van der Waals surface area (Å²) in [6.07, 6.45) is 1.58.